The Kier molecular flexibility index (Phi) is 11.3. The Bertz CT molecular complexity index is 2140. The number of rotatable bonds is 10. The molecule has 5 amide bonds. The molecule has 1 aliphatic carbocycles. The van der Waals surface area contributed by atoms with Gasteiger partial charge in [0, 0.05) is 75.9 Å². The number of piperidine rings is 2. The molecule has 4 aliphatic heterocycles. The molecule has 2 N–H and O–H groups in total. The Morgan fingerprint density at radius 2 is 1.53 bits per heavy atom. The summed E-state index contributed by atoms with van der Waals surface area (Å²) in [6.07, 6.45) is 8.46. The van der Waals surface area contributed by atoms with Gasteiger partial charge in [-0.05, 0) is 94.2 Å². The van der Waals surface area contributed by atoms with Crippen LogP contribution in [0.15, 0.2) is 48.8 Å². The van der Waals surface area contributed by atoms with Crippen molar-refractivity contribution in [1.82, 2.24) is 24.7 Å². The summed E-state index contributed by atoms with van der Waals surface area (Å²) in [5.74, 6) is -0.521. The summed E-state index contributed by atoms with van der Waals surface area (Å²) in [6.45, 7) is 6.08. The minimum atomic E-state index is -1.04. The number of nitriles is 1. The highest BCUT2D eigenvalue weighted by Gasteiger charge is 2.49. The number of primary amides is 1. The number of aromatic nitrogens is 2. The summed E-state index contributed by atoms with van der Waals surface area (Å²) in [5.41, 5.74) is 7.42. The number of carbonyl (C=O) groups excluding carboxylic acids is 5. The van der Waals surface area contributed by atoms with Crippen molar-refractivity contribution in [3.05, 3.63) is 76.1 Å². The maximum Gasteiger partial charge on any atom is 0.262 e. The van der Waals surface area contributed by atoms with Crippen molar-refractivity contribution < 1.29 is 28.7 Å². The number of benzene rings is 2. The molecule has 4 fully saturated rings. The molecular formula is C42H46ClN9O6. The van der Waals surface area contributed by atoms with Crippen molar-refractivity contribution in [2.45, 2.75) is 76.0 Å². The van der Waals surface area contributed by atoms with Crippen molar-refractivity contribution in [1.29, 1.82) is 5.26 Å². The van der Waals surface area contributed by atoms with E-state index in [1.807, 2.05) is 12.1 Å². The van der Waals surface area contributed by atoms with E-state index in [1.165, 1.54) is 17.3 Å². The minimum absolute atomic E-state index is 0.0712. The van der Waals surface area contributed by atoms with E-state index in [4.69, 9.17) is 27.3 Å². The van der Waals surface area contributed by atoms with Crippen LogP contribution in [0.1, 0.15) is 94.4 Å². The second-order valence-corrected chi connectivity index (χ2v) is 16.3. The molecule has 15 nitrogen and oxygen atoms in total. The summed E-state index contributed by atoms with van der Waals surface area (Å²) in [7, 11) is 0. The SMILES string of the molecule is N#Cc1ccc(OC2CCC(N3C(=O)CCC(N4C(=O)c5ccc(N6CCN(CCC7CCN(c8ncc(C(N)=O)cn8)CC7)CC6)cc5C4=O)C3=O)CC2)cc1Cl. The highest BCUT2D eigenvalue weighted by atomic mass is 35.5. The smallest absolute Gasteiger partial charge is 0.262 e. The van der Waals surface area contributed by atoms with Crippen LogP contribution in [-0.2, 0) is 9.59 Å². The maximum atomic E-state index is 14.0. The first-order valence-electron chi connectivity index (χ1n) is 20.2. The Balaban J connectivity index is 0.819. The lowest BCUT2D eigenvalue weighted by molar-refractivity contribution is -0.155. The first kappa shape index (κ1) is 39.2. The number of imide groups is 2. The summed E-state index contributed by atoms with van der Waals surface area (Å²) >= 11 is 6.17. The molecule has 1 atom stereocenters. The highest BCUT2D eigenvalue weighted by molar-refractivity contribution is 6.31. The van der Waals surface area contributed by atoms with Crippen molar-refractivity contribution >= 4 is 52.8 Å². The molecule has 302 valence electrons. The van der Waals surface area contributed by atoms with Crippen LogP contribution >= 0.6 is 11.6 Å². The lowest BCUT2D eigenvalue weighted by Crippen LogP contribution is -2.59. The van der Waals surface area contributed by atoms with Crippen molar-refractivity contribution in [3.63, 3.8) is 0 Å². The number of hydrogen-bond acceptors (Lipinski definition) is 12. The molecule has 1 aromatic heterocycles. The van der Waals surface area contributed by atoms with Gasteiger partial charge in [0.25, 0.3) is 23.6 Å². The molecule has 2 aromatic carbocycles. The third kappa shape index (κ3) is 7.95. The third-order valence-electron chi connectivity index (χ3n) is 12.4. The van der Waals surface area contributed by atoms with Crippen molar-refractivity contribution in [2.24, 2.45) is 11.7 Å². The number of amides is 5. The topological polar surface area (TPSA) is 186 Å². The van der Waals surface area contributed by atoms with Crippen molar-refractivity contribution in [3.8, 4) is 11.8 Å². The standard InChI is InChI=1S/C42H46ClN9O6/c43-35-22-32(5-1-27(35)23-44)58-31-6-2-29(3-7-31)51-37(53)10-9-36(41(51)57)52-39(55)33-8-4-30(21-34(33)40(52)56)49-19-17-48(18-20-49)14-11-26-12-15-50(16-13-26)42-46-24-28(25-47-42)38(45)54/h1,4-5,8,21-22,24-26,29,31,36H,2-3,6-7,9-20H2,(H2,45,54). The molecule has 16 heteroatoms. The number of hydrogen-bond donors (Lipinski definition) is 1. The highest BCUT2D eigenvalue weighted by Crippen LogP contribution is 2.35. The van der Waals surface area contributed by atoms with Gasteiger partial charge in [-0.1, -0.05) is 11.6 Å². The van der Waals surface area contributed by atoms with Gasteiger partial charge in [0.05, 0.1) is 33.4 Å². The number of anilines is 2. The van der Waals surface area contributed by atoms with Gasteiger partial charge in [-0.3, -0.25) is 38.7 Å². The second-order valence-electron chi connectivity index (χ2n) is 15.9. The molecule has 3 saturated heterocycles. The van der Waals surface area contributed by atoms with E-state index in [2.05, 4.69) is 24.7 Å². The summed E-state index contributed by atoms with van der Waals surface area (Å²) in [4.78, 5) is 84.0. The van der Waals surface area contributed by atoms with Gasteiger partial charge in [-0.2, -0.15) is 5.26 Å². The Morgan fingerprint density at radius 1 is 0.828 bits per heavy atom. The fourth-order valence-electron chi connectivity index (χ4n) is 9.04. The zero-order chi connectivity index (χ0) is 40.5. The first-order chi connectivity index (χ1) is 28.1. The largest absolute Gasteiger partial charge is 0.490 e. The predicted molar refractivity (Wildman–Crippen MR) is 213 cm³/mol. The molecule has 0 radical (unpaired) electrons. The van der Waals surface area contributed by atoms with Crippen LogP contribution < -0.4 is 20.3 Å². The average Bonchev–Trinajstić information content (AvgIpc) is 3.49. The molecule has 0 spiro atoms. The van der Waals surface area contributed by atoms with E-state index in [1.54, 1.807) is 30.3 Å². The lowest BCUT2D eigenvalue weighted by atomic mass is 9.89. The van der Waals surface area contributed by atoms with Crippen molar-refractivity contribution in [2.75, 3.05) is 55.6 Å². The van der Waals surface area contributed by atoms with Gasteiger partial charge < -0.3 is 20.3 Å². The van der Waals surface area contributed by atoms with Crippen LogP contribution in [0.2, 0.25) is 5.02 Å². The quantitative estimate of drug-likeness (QED) is 0.291. The van der Waals surface area contributed by atoms with Gasteiger partial charge in [-0.25, -0.2) is 9.97 Å². The van der Waals surface area contributed by atoms with Gasteiger partial charge in [0.15, 0.2) is 0 Å². The molecule has 1 unspecified atom stereocenters. The van der Waals surface area contributed by atoms with Gasteiger partial charge >= 0.3 is 0 Å². The summed E-state index contributed by atoms with van der Waals surface area (Å²) < 4.78 is 6.11. The first-order valence-corrected chi connectivity index (χ1v) is 20.5. The molecule has 1 saturated carbocycles. The number of nitrogens with zero attached hydrogens (tertiary/aromatic N) is 8. The number of carbonyl (C=O) groups is 5. The molecular weight excluding hydrogens is 762 g/mol. The number of likely N-dealkylation sites (tertiary alicyclic amines) is 1. The number of ether oxygens (including phenoxy) is 1. The van der Waals surface area contributed by atoms with E-state index in [-0.39, 0.29) is 36.5 Å². The van der Waals surface area contributed by atoms with Crippen LogP contribution in [0.4, 0.5) is 11.6 Å². The van der Waals surface area contributed by atoms with E-state index in [0.29, 0.717) is 65.0 Å². The number of fused-ring (bicyclic) bond motifs is 1. The number of halogens is 1. The monoisotopic (exact) mass is 807 g/mol. The second kappa shape index (κ2) is 16.7. The Labute approximate surface area is 341 Å². The molecule has 5 aliphatic rings. The summed E-state index contributed by atoms with van der Waals surface area (Å²) in [6, 6.07) is 10.9. The van der Waals surface area contributed by atoms with Crippen LogP contribution in [-0.4, -0.2) is 118 Å². The maximum absolute atomic E-state index is 14.0. The lowest BCUT2D eigenvalue weighted by Gasteiger charge is -2.41. The molecule has 0 bridgehead atoms. The fourth-order valence-corrected chi connectivity index (χ4v) is 9.25. The van der Waals surface area contributed by atoms with Gasteiger partial charge in [0.1, 0.15) is 17.9 Å². The zero-order valence-electron chi connectivity index (χ0n) is 32.2. The Hall–Kier alpha value is -5.59. The predicted octanol–water partition coefficient (Wildman–Crippen LogP) is 4.03. The van der Waals surface area contributed by atoms with Crippen LogP contribution in [0.3, 0.4) is 0 Å². The molecule has 3 aromatic rings. The van der Waals surface area contributed by atoms with E-state index in [9.17, 15) is 24.0 Å². The zero-order valence-corrected chi connectivity index (χ0v) is 33.0. The number of piperazine rings is 1. The minimum Gasteiger partial charge on any atom is -0.490 e. The Morgan fingerprint density at radius 3 is 2.21 bits per heavy atom. The van der Waals surface area contributed by atoms with Gasteiger partial charge in [-0.15, -0.1) is 0 Å². The molecule has 8 rings (SSSR count). The van der Waals surface area contributed by atoms with E-state index in [0.717, 1.165) is 75.7 Å². The summed E-state index contributed by atoms with van der Waals surface area (Å²) in [5, 5.41) is 9.46. The molecule has 5 heterocycles. The average molecular weight is 808 g/mol. The van der Waals surface area contributed by atoms with E-state index >= 15 is 0 Å². The van der Waals surface area contributed by atoms with E-state index < -0.39 is 29.7 Å². The third-order valence-corrected chi connectivity index (χ3v) is 12.7. The van der Waals surface area contributed by atoms with Crippen LogP contribution in [0.5, 0.6) is 5.75 Å². The van der Waals surface area contributed by atoms with Gasteiger partial charge in [0.2, 0.25) is 11.9 Å². The normalized spacial score (nSPS) is 23.3. The van der Waals surface area contributed by atoms with Crippen LogP contribution in [0.25, 0.3) is 0 Å². The fraction of sp³-hybridized carbons (Fsp3) is 0.476. The van der Waals surface area contributed by atoms with Crippen LogP contribution in [0, 0.1) is 17.2 Å². The number of nitrogens with two attached hydrogens (primary N) is 1. The molecule has 58 heavy (non-hydrogen) atoms.